The van der Waals surface area contributed by atoms with Gasteiger partial charge >= 0.3 is 0 Å². The molecule has 2 atom stereocenters. The highest BCUT2D eigenvalue weighted by Crippen LogP contribution is 2.19. The average Bonchev–Trinajstić information content (AvgIpc) is 2.17. The normalized spacial score (nSPS) is 15.1. The smallest absolute Gasteiger partial charge is 0.0804 e. The van der Waals surface area contributed by atoms with Crippen LogP contribution >= 0.6 is 0 Å². The van der Waals surface area contributed by atoms with E-state index in [2.05, 4.69) is 0 Å². The van der Waals surface area contributed by atoms with Gasteiger partial charge in [-0.05, 0) is 25.3 Å². The fourth-order valence-corrected chi connectivity index (χ4v) is 1.47. The number of aryl methyl sites for hydroxylation is 1. The number of aliphatic hydroxyl groups excluding tert-OH is 1. The van der Waals surface area contributed by atoms with Gasteiger partial charge in [0.25, 0.3) is 0 Å². The van der Waals surface area contributed by atoms with Crippen LogP contribution in [0.4, 0.5) is 0 Å². The molecular formula is C12H19NO. The lowest BCUT2D eigenvalue weighted by molar-refractivity contribution is 0.157. The molecule has 14 heavy (non-hydrogen) atoms. The van der Waals surface area contributed by atoms with E-state index in [9.17, 15) is 5.11 Å². The van der Waals surface area contributed by atoms with Crippen LogP contribution in [0.25, 0.3) is 0 Å². The zero-order valence-electron chi connectivity index (χ0n) is 8.90. The molecule has 0 aliphatic heterocycles. The minimum Gasteiger partial charge on any atom is -0.388 e. The molecular weight excluding hydrogens is 174 g/mol. The van der Waals surface area contributed by atoms with Crippen molar-refractivity contribution in [3.8, 4) is 0 Å². The molecule has 2 heteroatoms. The number of hydrogen-bond donors (Lipinski definition) is 2. The highest BCUT2D eigenvalue weighted by molar-refractivity contribution is 5.24. The highest BCUT2D eigenvalue weighted by atomic mass is 16.3. The summed E-state index contributed by atoms with van der Waals surface area (Å²) in [6.45, 7) is 4.06. The minimum atomic E-state index is -0.426. The Balaban J connectivity index is 2.64. The predicted octanol–water partition coefficient (Wildman–Crippen LogP) is 2.16. The number of benzene rings is 1. The molecule has 0 spiro atoms. The van der Waals surface area contributed by atoms with E-state index in [0.29, 0.717) is 6.42 Å². The van der Waals surface area contributed by atoms with E-state index in [4.69, 9.17) is 5.73 Å². The van der Waals surface area contributed by atoms with Crippen molar-refractivity contribution in [1.29, 1.82) is 0 Å². The van der Waals surface area contributed by atoms with Crippen molar-refractivity contribution in [3.05, 3.63) is 35.4 Å². The lowest BCUT2D eigenvalue weighted by atomic mass is 10.00. The van der Waals surface area contributed by atoms with Gasteiger partial charge in [-0.3, -0.25) is 0 Å². The number of aliphatic hydroxyl groups is 1. The molecule has 78 valence electrons. The Labute approximate surface area is 85.8 Å². The van der Waals surface area contributed by atoms with E-state index in [1.165, 1.54) is 5.56 Å². The monoisotopic (exact) mass is 193 g/mol. The Hall–Kier alpha value is -0.860. The molecule has 1 aromatic rings. The molecule has 3 N–H and O–H groups in total. The summed E-state index contributed by atoms with van der Waals surface area (Å²) in [5.41, 5.74) is 7.93. The van der Waals surface area contributed by atoms with E-state index in [-0.39, 0.29) is 6.04 Å². The topological polar surface area (TPSA) is 46.2 Å². The summed E-state index contributed by atoms with van der Waals surface area (Å²) >= 11 is 0. The van der Waals surface area contributed by atoms with Gasteiger partial charge in [-0.1, -0.05) is 36.8 Å². The lowest BCUT2D eigenvalue weighted by Crippen LogP contribution is -2.21. The predicted molar refractivity (Wildman–Crippen MR) is 59.0 cm³/mol. The molecule has 0 fully saturated rings. The molecule has 0 aromatic heterocycles. The molecule has 0 saturated carbocycles. The van der Waals surface area contributed by atoms with Crippen molar-refractivity contribution in [2.24, 2.45) is 5.73 Å². The third-order valence-corrected chi connectivity index (χ3v) is 2.48. The van der Waals surface area contributed by atoms with Crippen molar-refractivity contribution < 1.29 is 5.11 Å². The van der Waals surface area contributed by atoms with Gasteiger partial charge in [-0.15, -0.1) is 0 Å². The maximum absolute atomic E-state index is 9.87. The first-order valence-corrected chi connectivity index (χ1v) is 5.13. The zero-order valence-corrected chi connectivity index (χ0v) is 8.90. The van der Waals surface area contributed by atoms with Crippen LogP contribution in [-0.4, -0.2) is 11.1 Å². The van der Waals surface area contributed by atoms with Gasteiger partial charge < -0.3 is 10.8 Å². The van der Waals surface area contributed by atoms with Crippen molar-refractivity contribution in [3.63, 3.8) is 0 Å². The fraction of sp³-hybridized carbons (Fsp3) is 0.500. The second-order valence-electron chi connectivity index (χ2n) is 3.83. The Morgan fingerprint density at radius 1 is 1.43 bits per heavy atom. The maximum atomic E-state index is 9.87. The summed E-state index contributed by atoms with van der Waals surface area (Å²) in [6.07, 6.45) is 1.12. The van der Waals surface area contributed by atoms with Gasteiger partial charge in [-0.25, -0.2) is 0 Å². The Morgan fingerprint density at radius 2 is 2.14 bits per heavy atom. The van der Waals surface area contributed by atoms with Crippen molar-refractivity contribution in [2.75, 3.05) is 0 Å². The van der Waals surface area contributed by atoms with Gasteiger partial charge in [0.15, 0.2) is 0 Å². The van der Waals surface area contributed by atoms with Crippen molar-refractivity contribution in [2.45, 2.75) is 38.8 Å². The van der Waals surface area contributed by atoms with Gasteiger partial charge in [0.05, 0.1) is 6.10 Å². The summed E-state index contributed by atoms with van der Waals surface area (Å²) in [5, 5.41) is 9.87. The quantitative estimate of drug-likeness (QED) is 0.769. The van der Waals surface area contributed by atoms with Crippen LogP contribution in [0.1, 0.15) is 37.0 Å². The Bertz CT molecular complexity index is 285. The summed E-state index contributed by atoms with van der Waals surface area (Å²) in [5.74, 6) is 0. The van der Waals surface area contributed by atoms with Gasteiger partial charge in [0, 0.05) is 6.04 Å². The summed E-state index contributed by atoms with van der Waals surface area (Å²) in [6, 6.07) is 8.03. The molecule has 0 aliphatic carbocycles. The average molecular weight is 193 g/mol. The van der Waals surface area contributed by atoms with E-state index in [0.717, 1.165) is 12.0 Å². The summed E-state index contributed by atoms with van der Waals surface area (Å²) < 4.78 is 0. The molecule has 0 saturated heterocycles. The van der Waals surface area contributed by atoms with Crippen molar-refractivity contribution >= 4 is 0 Å². The standard InChI is InChI=1S/C12H19NO/c1-3-11(13)8-12(14)10-6-4-5-9(2)7-10/h4-7,11-12,14H,3,8,13H2,1-2H3. The molecule has 1 aromatic carbocycles. The largest absolute Gasteiger partial charge is 0.388 e. The SMILES string of the molecule is CCC(N)CC(O)c1cccc(C)c1. The molecule has 0 heterocycles. The third-order valence-electron chi connectivity index (χ3n) is 2.48. The molecule has 0 aliphatic rings. The van der Waals surface area contributed by atoms with Crippen LogP contribution in [0, 0.1) is 6.92 Å². The van der Waals surface area contributed by atoms with Crippen LogP contribution in [0.3, 0.4) is 0 Å². The Kier molecular flexibility index (Phi) is 4.11. The summed E-state index contributed by atoms with van der Waals surface area (Å²) in [4.78, 5) is 0. The van der Waals surface area contributed by atoms with Crippen LogP contribution < -0.4 is 5.73 Å². The second-order valence-corrected chi connectivity index (χ2v) is 3.83. The highest BCUT2D eigenvalue weighted by Gasteiger charge is 2.11. The lowest BCUT2D eigenvalue weighted by Gasteiger charge is -2.15. The van der Waals surface area contributed by atoms with Gasteiger partial charge in [0.1, 0.15) is 0 Å². The first kappa shape index (κ1) is 11.2. The summed E-state index contributed by atoms with van der Waals surface area (Å²) in [7, 11) is 0. The molecule has 2 nitrogen and oxygen atoms in total. The Morgan fingerprint density at radius 3 is 2.71 bits per heavy atom. The molecule has 0 amide bonds. The van der Waals surface area contributed by atoms with Gasteiger partial charge in [-0.2, -0.15) is 0 Å². The van der Waals surface area contributed by atoms with E-state index < -0.39 is 6.10 Å². The first-order chi connectivity index (χ1) is 6.63. The molecule has 0 radical (unpaired) electrons. The van der Waals surface area contributed by atoms with E-state index in [1.807, 2.05) is 38.1 Å². The molecule has 1 rings (SSSR count). The van der Waals surface area contributed by atoms with Crippen LogP contribution in [0.15, 0.2) is 24.3 Å². The van der Waals surface area contributed by atoms with Crippen molar-refractivity contribution in [1.82, 2.24) is 0 Å². The first-order valence-electron chi connectivity index (χ1n) is 5.13. The van der Waals surface area contributed by atoms with Gasteiger partial charge in [0.2, 0.25) is 0 Å². The fourth-order valence-electron chi connectivity index (χ4n) is 1.47. The maximum Gasteiger partial charge on any atom is 0.0804 e. The number of rotatable bonds is 4. The molecule has 2 unspecified atom stereocenters. The van der Waals surface area contributed by atoms with Crippen LogP contribution in [0.5, 0.6) is 0 Å². The second kappa shape index (κ2) is 5.13. The van der Waals surface area contributed by atoms with E-state index >= 15 is 0 Å². The minimum absolute atomic E-state index is 0.0884. The van der Waals surface area contributed by atoms with E-state index in [1.54, 1.807) is 0 Å². The number of nitrogens with two attached hydrogens (primary N) is 1. The third kappa shape index (κ3) is 3.13. The zero-order chi connectivity index (χ0) is 10.6. The number of hydrogen-bond acceptors (Lipinski definition) is 2. The van der Waals surface area contributed by atoms with Crippen LogP contribution in [0.2, 0.25) is 0 Å². The van der Waals surface area contributed by atoms with Crippen LogP contribution in [-0.2, 0) is 0 Å². The molecule has 0 bridgehead atoms.